The number of hydrogen-bond acceptors (Lipinski definition) is 6. The zero-order chi connectivity index (χ0) is 24.0. The summed E-state index contributed by atoms with van der Waals surface area (Å²) in [5.41, 5.74) is 2.92. The molecule has 0 fully saturated rings. The van der Waals surface area contributed by atoms with E-state index in [1.165, 1.54) is 18.4 Å². The number of unbranched alkanes of at least 4 members (excludes halogenated alkanes) is 1. The molecule has 2 aromatic carbocycles. The van der Waals surface area contributed by atoms with E-state index in [0.29, 0.717) is 24.2 Å². The predicted molar refractivity (Wildman–Crippen MR) is 130 cm³/mol. The first-order chi connectivity index (χ1) is 15.8. The van der Waals surface area contributed by atoms with Crippen LogP contribution < -0.4 is 5.32 Å². The lowest BCUT2D eigenvalue weighted by Gasteiger charge is -2.12. The Hall–Kier alpha value is -2.91. The topological polar surface area (TPSA) is 93.5 Å². The Morgan fingerprint density at radius 3 is 2.45 bits per heavy atom. The maximum absolute atomic E-state index is 12.5. The van der Waals surface area contributed by atoms with E-state index in [1.54, 1.807) is 24.3 Å². The van der Waals surface area contributed by atoms with Crippen molar-refractivity contribution in [3.8, 4) is 0 Å². The van der Waals surface area contributed by atoms with Crippen LogP contribution in [0.25, 0.3) is 11.0 Å². The number of carbonyl (C=O) groups excluding carboxylic acids is 1. The fraction of sp³-hybridized carbons (Fsp3) is 0.417. The summed E-state index contributed by atoms with van der Waals surface area (Å²) in [5, 5.41) is 3.34. The number of imidazole rings is 1. The summed E-state index contributed by atoms with van der Waals surface area (Å²) in [5.74, 6) is 0.498. The number of hydrogen-bond donors (Lipinski definition) is 1. The highest BCUT2D eigenvalue weighted by Gasteiger charge is 2.19. The van der Waals surface area contributed by atoms with Crippen LogP contribution >= 0.6 is 0 Å². The van der Waals surface area contributed by atoms with Gasteiger partial charge in [-0.3, -0.25) is 0 Å². The van der Waals surface area contributed by atoms with Crippen LogP contribution in [0.4, 0.5) is 5.69 Å². The number of aryl methyl sites for hydroxylation is 1. The van der Waals surface area contributed by atoms with Gasteiger partial charge >= 0.3 is 5.97 Å². The average Bonchev–Trinajstić information content (AvgIpc) is 3.15. The number of sulfonamides is 1. The van der Waals surface area contributed by atoms with Crippen LogP contribution in [0.3, 0.4) is 0 Å². The standard InChI is InChI=1S/C24H32N4O4S/c1-5-7-15-32-24(29)18-8-10-19(11-9-18)25-17-23-26-21-16-20(33(30,31)27(3)4)12-13-22(21)28(23)14-6-2/h8-13,16,25H,5-7,14-15,17H2,1-4H3. The Balaban J connectivity index is 1.78. The SMILES string of the molecule is CCCCOC(=O)c1ccc(NCc2nc3cc(S(=O)(=O)N(C)C)ccc3n2CCC)cc1. The number of anilines is 1. The van der Waals surface area contributed by atoms with E-state index in [1.807, 2.05) is 25.1 Å². The molecule has 178 valence electrons. The first-order valence-corrected chi connectivity index (χ1v) is 12.6. The number of fused-ring (bicyclic) bond motifs is 1. The van der Waals surface area contributed by atoms with Gasteiger partial charge in [0.15, 0.2) is 0 Å². The maximum atomic E-state index is 12.5. The molecule has 1 heterocycles. The molecule has 8 nitrogen and oxygen atoms in total. The molecule has 0 radical (unpaired) electrons. The van der Waals surface area contributed by atoms with Gasteiger partial charge < -0.3 is 14.6 Å². The van der Waals surface area contributed by atoms with Crippen LogP contribution in [0.2, 0.25) is 0 Å². The number of nitrogens with one attached hydrogen (secondary N) is 1. The van der Waals surface area contributed by atoms with Gasteiger partial charge in [0.05, 0.1) is 34.6 Å². The molecule has 0 aliphatic rings. The number of rotatable bonds is 11. The first kappa shape index (κ1) is 24.7. The van der Waals surface area contributed by atoms with E-state index in [2.05, 4.69) is 16.8 Å². The normalized spacial score (nSPS) is 11.8. The third-order valence-electron chi connectivity index (χ3n) is 5.33. The van der Waals surface area contributed by atoms with Gasteiger partial charge in [-0.25, -0.2) is 22.5 Å². The molecule has 0 saturated heterocycles. The van der Waals surface area contributed by atoms with E-state index in [9.17, 15) is 13.2 Å². The summed E-state index contributed by atoms with van der Waals surface area (Å²) in [4.78, 5) is 17.0. The Kier molecular flexibility index (Phi) is 8.10. The molecule has 0 saturated carbocycles. The number of esters is 1. The molecule has 0 aliphatic carbocycles. The van der Waals surface area contributed by atoms with Crippen LogP contribution in [0, 0.1) is 0 Å². The van der Waals surface area contributed by atoms with E-state index in [0.717, 1.165) is 42.8 Å². The average molecular weight is 473 g/mol. The minimum atomic E-state index is -3.53. The van der Waals surface area contributed by atoms with Gasteiger partial charge in [0.25, 0.3) is 0 Å². The van der Waals surface area contributed by atoms with Crippen molar-refractivity contribution in [2.75, 3.05) is 26.0 Å². The molecule has 0 bridgehead atoms. The van der Waals surface area contributed by atoms with Crippen LogP contribution in [0.1, 0.15) is 49.3 Å². The largest absolute Gasteiger partial charge is 0.462 e. The summed E-state index contributed by atoms with van der Waals surface area (Å²) in [6.07, 6.45) is 2.75. The zero-order valence-electron chi connectivity index (χ0n) is 19.7. The summed E-state index contributed by atoms with van der Waals surface area (Å²) in [6, 6.07) is 12.2. The quantitative estimate of drug-likeness (QED) is 0.331. The number of benzene rings is 2. The van der Waals surface area contributed by atoms with Gasteiger partial charge in [0, 0.05) is 26.3 Å². The number of aromatic nitrogens is 2. The third kappa shape index (κ3) is 5.72. The monoisotopic (exact) mass is 472 g/mol. The van der Waals surface area contributed by atoms with Crippen LogP contribution in [-0.4, -0.2) is 48.9 Å². The first-order valence-electron chi connectivity index (χ1n) is 11.2. The van der Waals surface area contributed by atoms with Crippen molar-refractivity contribution in [3.05, 3.63) is 53.9 Å². The molecule has 9 heteroatoms. The zero-order valence-corrected chi connectivity index (χ0v) is 20.5. The molecule has 33 heavy (non-hydrogen) atoms. The van der Waals surface area contributed by atoms with Crippen LogP contribution in [-0.2, 0) is 27.8 Å². The Labute approximate surface area is 195 Å². The molecule has 0 unspecified atom stereocenters. The van der Waals surface area contributed by atoms with Crippen LogP contribution in [0.15, 0.2) is 47.4 Å². The van der Waals surface area contributed by atoms with Crippen molar-refractivity contribution in [1.29, 1.82) is 0 Å². The predicted octanol–water partition coefficient (Wildman–Crippen LogP) is 4.27. The van der Waals surface area contributed by atoms with Crippen molar-refractivity contribution in [3.63, 3.8) is 0 Å². The lowest BCUT2D eigenvalue weighted by Crippen LogP contribution is -2.22. The van der Waals surface area contributed by atoms with E-state index < -0.39 is 10.0 Å². The summed E-state index contributed by atoms with van der Waals surface area (Å²) in [7, 11) is -0.498. The van der Waals surface area contributed by atoms with Gasteiger partial charge in [-0.2, -0.15) is 0 Å². The summed E-state index contributed by atoms with van der Waals surface area (Å²) in [6.45, 7) is 5.81. The lowest BCUT2D eigenvalue weighted by atomic mass is 10.2. The van der Waals surface area contributed by atoms with Gasteiger partial charge in [-0.1, -0.05) is 20.3 Å². The minimum Gasteiger partial charge on any atom is -0.462 e. The molecule has 1 aromatic heterocycles. The van der Waals surface area contributed by atoms with E-state index in [-0.39, 0.29) is 10.9 Å². The number of nitrogens with zero attached hydrogens (tertiary/aromatic N) is 3. The van der Waals surface area contributed by atoms with Gasteiger partial charge in [-0.05, 0) is 55.3 Å². The molecule has 0 atom stereocenters. The van der Waals surface area contributed by atoms with Crippen molar-refractivity contribution in [2.24, 2.45) is 0 Å². The Morgan fingerprint density at radius 1 is 1.09 bits per heavy atom. The third-order valence-corrected chi connectivity index (χ3v) is 7.14. The van der Waals surface area contributed by atoms with E-state index in [4.69, 9.17) is 9.72 Å². The fourth-order valence-electron chi connectivity index (χ4n) is 3.44. The molecule has 0 amide bonds. The molecular formula is C24H32N4O4S. The van der Waals surface area contributed by atoms with Crippen molar-refractivity contribution in [2.45, 2.75) is 51.1 Å². The highest BCUT2D eigenvalue weighted by atomic mass is 32.2. The molecule has 3 rings (SSSR count). The second kappa shape index (κ2) is 10.8. The molecule has 0 aliphatic heterocycles. The lowest BCUT2D eigenvalue weighted by molar-refractivity contribution is 0.0499. The smallest absolute Gasteiger partial charge is 0.338 e. The van der Waals surface area contributed by atoms with Gasteiger partial charge in [0.1, 0.15) is 5.82 Å². The molecule has 3 aromatic rings. The van der Waals surface area contributed by atoms with Crippen LogP contribution in [0.5, 0.6) is 0 Å². The fourth-order valence-corrected chi connectivity index (χ4v) is 4.36. The number of carbonyl (C=O) groups is 1. The van der Waals surface area contributed by atoms with Crippen molar-refractivity contribution >= 4 is 32.7 Å². The molecule has 0 spiro atoms. The Bertz CT molecular complexity index is 1200. The highest BCUT2D eigenvalue weighted by Crippen LogP contribution is 2.23. The van der Waals surface area contributed by atoms with Crippen molar-refractivity contribution in [1.82, 2.24) is 13.9 Å². The minimum absolute atomic E-state index is 0.224. The second-order valence-corrected chi connectivity index (χ2v) is 10.2. The van der Waals surface area contributed by atoms with Crippen molar-refractivity contribution < 1.29 is 17.9 Å². The van der Waals surface area contributed by atoms with E-state index >= 15 is 0 Å². The number of ether oxygens (including phenoxy) is 1. The molecular weight excluding hydrogens is 440 g/mol. The Morgan fingerprint density at radius 2 is 1.82 bits per heavy atom. The summed E-state index contributed by atoms with van der Waals surface area (Å²) < 4.78 is 33.5. The summed E-state index contributed by atoms with van der Waals surface area (Å²) >= 11 is 0. The highest BCUT2D eigenvalue weighted by molar-refractivity contribution is 7.89. The van der Waals surface area contributed by atoms with Gasteiger partial charge in [-0.15, -0.1) is 0 Å². The maximum Gasteiger partial charge on any atom is 0.338 e. The molecule has 1 N–H and O–H groups in total. The second-order valence-electron chi connectivity index (χ2n) is 8.04. The van der Waals surface area contributed by atoms with Gasteiger partial charge in [0.2, 0.25) is 10.0 Å².